The molecule has 0 aliphatic rings. The molecule has 2 aromatic rings. The fourth-order valence-corrected chi connectivity index (χ4v) is 2.42. The molecule has 2 N–H and O–H groups in total. The van der Waals surface area contributed by atoms with Crippen molar-refractivity contribution in [2.24, 2.45) is 0 Å². The average molecular weight is 333 g/mol. The topological polar surface area (TPSA) is 46.3 Å². The molecule has 0 atom stereocenters. The Kier molecular flexibility index (Phi) is 4.45. The van der Waals surface area contributed by atoms with Crippen molar-refractivity contribution < 1.29 is 4.79 Å². The van der Waals surface area contributed by atoms with Gasteiger partial charge in [0.25, 0.3) is 5.91 Å². The summed E-state index contributed by atoms with van der Waals surface area (Å²) >= 11 is 3.46. The maximum absolute atomic E-state index is 12.6. The van der Waals surface area contributed by atoms with Crippen LogP contribution in [0.3, 0.4) is 0 Å². The highest BCUT2D eigenvalue weighted by Gasteiger charge is 2.18. The molecule has 0 aliphatic carbocycles. The van der Waals surface area contributed by atoms with Crippen LogP contribution in [-0.2, 0) is 0 Å². The zero-order chi connectivity index (χ0) is 14.7. The summed E-state index contributed by atoms with van der Waals surface area (Å²) in [6, 6.07) is 13.0. The second kappa shape index (κ2) is 6.09. The van der Waals surface area contributed by atoms with Crippen LogP contribution in [0.2, 0.25) is 0 Å². The van der Waals surface area contributed by atoms with Crippen LogP contribution < -0.4 is 10.6 Å². The number of carbonyl (C=O) groups excluding carboxylic acids is 1. The molecule has 0 radical (unpaired) electrons. The number of nitrogen functional groups attached to an aromatic ring is 1. The van der Waals surface area contributed by atoms with Crippen LogP contribution in [0.15, 0.2) is 46.9 Å². The third kappa shape index (κ3) is 2.85. The number of carbonyl (C=O) groups is 1. The first kappa shape index (κ1) is 14.6. The van der Waals surface area contributed by atoms with Gasteiger partial charge in [0.2, 0.25) is 0 Å². The van der Waals surface area contributed by atoms with E-state index in [4.69, 9.17) is 5.73 Å². The van der Waals surface area contributed by atoms with Gasteiger partial charge in [0.05, 0.1) is 11.4 Å². The Morgan fingerprint density at radius 1 is 1.25 bits per heavy atom. The van der Waals surface area contributed by atoms with Gasteiger partial charge in [-0.2, -0.15) is 0 Å². The standard InChI is InChI=1S/C16H17BrN2O/c1-3-19(15-7-5-4-6-14(15)18)16(20)12-9-8-11(2)13(17)10-12/h4-10H,3,18H2,1-2H3. The fraction of sp³-hybridized carbons (Fsp3) is 0.188. The highest BCUT2D eigenvalue weighted by molar-refractivity contribution is 9.10. The minimum Gasteiger partial charge on any atom is -0.397 e. The number of rotatable bonds is 3. The molecule has 2 rings (SSSR count). The number of hydrogen-bond donors (Lipinski definition) is 1. The zero-order valence-electron chi connectivity index (χ0n) is 11.6. The molecule has 0 spiro atoms. The van der Waals surface area contributed by atoms with Crippen molar-refractivity contribution in [3.8, 4) is 0 Å². The number of nitrogens with zero attached hydrogens (tertiary/aromatic N) is 1. The molecule has 3 nitrogen and oxygen atoms in total. The molecule has 0 unspecified atom stereocenters. The van der Waals surface area contributed by atoms with E-state index in [1.165, 1.54) is 0 Å². The molecule has 0 heterocycles. The number of nitrogens with two attached hydrogens (primary N) is 1. The summed E-state index contributed by atoms with van der Waals surface area (Å²) < 4.78 is 0.931. The summed E-state index contributed by atoms with van der Waals surface area (Å²) in [5, 5.41) is 0. The SMILES string of the molecule is CCN(C(=O)c1ccc(C)c(Br)c1)c1ccccc1N. The molecule has 20 heavy (non-hydrogen) atoms. The Morgan fingerprint density at radius 3 is 2.55 bits per heavy atom. The van der Waals surface area contributed by atoms with Crippen LogP contribution in [-0.4, -0.2) is 12.5 Å². The number of halogens is 1. The number of para-hydroxylation sites is 2. The highest BCUT2D eigenvalue weighted by atomic mass is 79.9. The van der Waals surface area contributed by atoms with Crippen LogP contribution in [0.5, 0.6) is 0 Å². The molecule has 1 amide bonds. The van der Waals surface area contributed by atoms with E-state index in [2.05, 4.69) is 15.9 Å². The smallest absolute Gasteiger partial charge is 0.258 e. The van der Waals surface area contributed by atoms with Crippen LogP contribution in [0.1, 0.15) is 22.8 Å². The summed E-state index contributed by atoms with van der Waals surface area (Å²) in [6.07, 6.45) is 0. The lowest BCUT2D eigenvalue weighted by atomic mass is 10.1. The maximum Gasteiger partial charge on any atom is 0.258 e. The highest BCUT2D eigenvalue weighted by Crippen LogP contribution is 2.25. The second-order valence-corrected chi connectivity index (χ2v) is 5.43. The molecule has 0 bridgehead atoms. The van der Waals surface area contributed by atoms with E-state index in [1.807, 2.05) is 50.2 Å². The first-order chi connectivity index (χ1) is 9.54. The van der Waals surface area contributed by atoms with Gasteiger partial charge in [0, 0.05) is 16.6 Å². The van der Waals surface area contributed by atoms with Gasteiger partial charge in [0.1, 0.15) is 0 Å². The van der Waals surface area contributed by atoms with Crippen molar-refractivity contribution >= 4 is 33.2 Å². The van der Waals surface area contributed by atoms with Gasteiger partial charge in [-0.3, -0.25) is 4.79 Å². The Bertz CT molecular complexity index is 640. The number of aryl methyl sites for hydroxylation is 1. The monoisotopic (exact) mass is 332 g/mol. The molecule has 0 aliphatic heterocycles. The first-order valence-corrected chi connectivity index (χ1v) is 7.26. The van der Waals surface area contributed by atoms with Gasteiger partial charge < -0.3 is 10.6 Å². The quantitative estimate of drug-likeness (QED) is 0.863. The predicted molar refractivity (Wildman–Crippen MR) is 87.1 cm³/mol. The van der Waals surface area contributed by atoms with Crippen LogP contribution in [0, 0.1) is 6.92 Å². The lowest BCUT2D eigenvalue weighted by molar-refractivity contribution is 0.0988. The molecule has 0 saturated carbocycles. The van der Waals surface area contributed by atoms with Crippen molar-refractivity contribution in [2.45, 2.75) is 13.8 Å². The predicted octanol–water partition coefficient (Wildman–Crippen LogP) is 4.01. The van der Waals surface area contributed by atoms with Gasteiger partial charge in [-0.1, -0.05) is 34.1 Å². The van der Waals surface area contributed by atoms with Crippen molar-refractivity contribution in [2.75, 3.05) is 17.2 Å². The molecule has 0 saturated heterocycles. The number of anilines is 2. The molecule has 4 heteroatoms. The fourth-order valence-electron chi connectivity index (χ4n) is 2.04. The molecule has 0 aromatic heterocycles. The summed E-state index contributed by atoms with van der Waals surface area (Å²) in [5.41, 5.74) is 9.06. The lowest BCUT2D eigenvalue weighted by Gasteiger charge is -2.22. The van der Waals surface area contributed by atoms with E-state index in [9.17, 15) is 4.79 Å². The Balaban J connectivity index is 2.39. The Morgan fingerprint density at radius 2 is 1.95 bits per heavy atom. The van der Waals surface area contributed by atoms with Crippen LogP contribution in [0.25, 0.3) is 0 Å². The van der Waals surface area contributed by atoms with Crippen molar-refractivity contribution in [3.63, 3.8) is 0 Å². The third-order valence-corrected chi connectivity index (χ3v) is 4.06. The average Bonchev–Trinajstić information content (AvgIpc) is 2.44. The molecule has 104 valence electrons. The number of benzene rings is 2. The molecular formula is C16H17BrN2O. The zero-order valence-corrected chi connectivity index (χ0v) is 13.1. The lowest BCUT2D eigenvalue weighted by Crippen LogP contribution is -2.31. The summed E-state index contributed by atoms with van der Waals surface area (Å²) in [6.45, 7) is 4.50. The van der Waals surface area contributed by atoms with Crippen LogP contribution in [0.4, 0.5) is 11.4 Å². The second-order valence-electron chi connectivity index (χ2n) is 4.57. The number of amides is 1. The minimum absolute atomic E-state index is 0.0499. The van der Waals surface area contributed by atoms with Crippen molar-refractivity contribution in [1.82, 2.24) is 0 Å². The number of hydrogen-bond acceptors (Lipinski definition) is 2. The van der Waals surface area contributed by atoms with Crippen molar-refractivity contribution in [1.29, 1.82) is 0 Å². The van der Waals surface area contributed by atoms with Gasteiger partial charge in [-0.15, -0.1) is 0 Å². The summed E-state index contributed by atoms with van der Waals surface area (Å²) in [7, 11) is 0. The normalized spacial score (nSPS) is 10.3. The van der Waals surface area contributed by atoms with Gasteiger partial charge in [0.15, 0.2) is 0 Å². The summed E-state index contributed by atoms with van der Waals surface area (Å²) in [5.74, 6) is -0.0499. The third-order valence-electron chi connectivity index (χ3n) is 3.21. The van der Waals surface area contributed by atoms with E-state index < -0.39 is 0 Å². The maximum atomic E-state index is 12.6. The Hall–Kier alpha value is -1.81. The molecule has 0 fully saturated rings. The van der Waals surface area contributed by atoms with Gasteiger partial charge in [-0.05, 0) is 43.7 Å². The van der Waals surface area contributed by atoms with Gasteiger partial charge in [-0.25, -0.2) is 0 Å². The van der Waals surface area contributed by atoms with Crippen molar-refractivity contribution in [3.05, 3.63) is 58.1 Å². The minimum atomic E-state index is -0.0499. The van der Waals surface area contributed by atoms with E-state index in [0.717, 1.165) is 15.7 Å². The first-order valence-electron chi connectivity index (χ1n) is 6.47. The van der Waals surface area contributed by atoms with Gasteiger partial charge >= 0.3 is 0 Å². The van der Waals surface area contributed by atoms with E-state index in [1.54, 1.807) is 11.0 Å². The summed E-state index contributed by atoms with van der Waals surface area (Å²) in [4.78, 5) is 14.3. The van der Waals surface area contributed by atoms with E-state index in [0.29, 0.717) is 17.8 Å². The molecular weight excluding hydrogens is 316 g/mol. The van der Waals surface area contributed by atoms with E-state index in [-0.39, 0.29) is 5.91 Å². The molecule has 2 aromatic carbocycles. The van der Waals surface area contributed by atoms with E-state index >= 15 is 0 Å². The van der Waals surface area contributed by atoms with Crippen LogP contribution >= 0.6 is 15.9 Å². The Labute approximate surface area is 127 Å². The largest absolute Gasteiger partial charge is 0.397 e.